The quantitative estimate of drug-likeness (QED) is 0.729. The number of hydrogen-bond acceptors (Lipinski definition) is 2. The molecule has 0 aromatic heterocycles. The Hall–Kier alpha value is -2.96. The van der Waals surface area contributed by atoms with Crippen molar-refractivity contribution in [1.82, 2.24) is 5.32 Å². The predicted octanol–water partition coefficient (Wildman–Crippen LogP) is 4.85. The van der Waals surface area contributed by atoms with Gasteiger partial charge in [-0.1, -0.05) is 30.3 Å². The van der Waals surface area contributed by atoms with Crippen LogP contribution < -0.4 is 5.32 Å². The molecule has 0 saturated carbocycles. The summed E-state index contributed by atoms with van der Waals surface area (Å²) in [4.78, 5) is 25.2. The number of carbonyl (C=O) groups excluding carboxylic acids is 2. The maximum absolute atomic E-state index is 13.5. The largest absolute Gasteiger partial charge is 0.416 e. The SMILES string of the molecule is O=C1C[C@H](c2ccccc2C(F)(F)F)C2=C(C[C@H](c3ccc(F)cc3)CC2=O)N1. The molecule has 29 heavy (non-hydrogen) atoms. The van der Waals surface area contributed by atoms with Crippen molar-refractivity contribution in [2.24, 2.45) is 0 Å². The standard InChI is InChI=1S/C22H17F4NO2/c23-14-7-5-12(6-8-14)13-9-18-21(19(28)10-13)16(11-20(29)27-18)15-3-1-2-4-17(15)22(24,25)26/h1-8,13,16H,9-11H2,(H,27,29)/t13-,16+/m0/s1. The van der Waals surface area contributed by atoms with E-state index in [1.807, 2.05) is 0 Å². The molecular weight excluding hydrogens is 386 g/mol. The van der Waals surface area contributed by atoms with Gasteiger partial charge in [-0.15, -0.1) is 0 Å². The lowest BCUT2D eigenvalue weighted by atomic mass is 9.72. The van der Waals surface area contributed by atoms with Crippen molar-refractivity contribution in [3.8, 4) is 0 Å². The fourth-order valence-corrected chi connectivity index (χ4v) is 4.26. The smallest absolute Gasteiger partial charge is 0.329 e. The normalized spacial score (nSPS) is 22.3. The third-order valence-electron chi connectivity index (χ3n) is 5.52. The zero-order valence-corrected chi connectivity index (χ0v) is 15.2. The van der Waals surface area contributed by atoms with Crippen molar-refractivity contribution >= 4 is 11.7 Å². The highest BCUT2D eigenvalue weighted by atomic mass is 19.4. The Bertz CT molecular complexity index is 1010. The fourth-order valence-electron chi connectivity index (χ4n) is 4.26. The summed E-state index contributed by atoms with van der Waals surface area (Å²) in [5, 5.41) is 2.68. The highest BCUT2D eigenvalue weighted by molar-refractivity contribution is 6.02. The van der Waals surface area contributed by atoms with Gasteiger partial charge >= 0.3 is 6.18 Å². The van der Waals surface area contributed by atoms with Gasteiger partial charge in [-0.05, 0) is 41.7 Å². The average Bonchev–Trinajstić information content (AvgIpc) is 2.67. The lowest BCUT2D eigenvalue weighted by molar-refractivity contribution is -0.138. The van der Waals surface area contributed by atoms with E-state index >= 15 is 0 Å². The number of benzene rings is 2. The lowest BCUT2D eigenvalue weighted by Crippen LogP contribution is -2.38. The second-order valence-corrected chi connectivity index (χ2v) is 7.36. The number of halogens is 4. The van der Waals surface area contributed by atoms with Crippen molar-refractivity contribution < 1.29 is 27.2 Å². The molecule has 0 bridgehead atoms. The Kier molecular flexibility index (Phi) is 4.76. The maximum Gasteiger partial charge on any atom is 0.416 e. The summed E-state index contributed by atoms with van der Waals surface area (Å²) in [6, 6.07) is 10.8. The zero-order chi connectivity index (χ0) is 20.8. The molecule has 1 aliphatic carbocycles. The van der Waals surface area contributed by atoms with Crippen molar-refractivity contribution in [2.45, 2.75) is 37.3 Å². The van der Waals surface area contributed by atoms with Crippen LogP contribution in [0.3, 0.4) is 0 Å². The molecule has 1 N–H and O–H groups in total. The van der Waals surface area contributed by atoms with E-state index in [4.69, 9.17) is 0 Å². The number of Topliss-reactive ketones (excluding diaryl/α,β-unsaturated/α-hetero) is 1. The van der Waals surface area contributed by atoms with E-state index in [1.165, 1.54) is 30.3 Å². The van der Waals surface area contributed by atoms with Gasteiger partial charge in [0.15, 0.2) is 5.78 Å². The van der Waals surface area contributed by atoms with Crippen LogP contribution in [0.2, 0.25) is 0 Å². The number of nitrogens with one attached hydrogen (secondary N) is 1. The van der Waals surface area contributed by atoms with Crippen LogP contribution in [-0.4, -0.2) is 11.7 Å². The first kappa shape index (κ1) is 19.4. The van der Waals surface area contributed by atoms with E-state index in [9.17, 15) is 27.2 Å². The number of ketones is 1. The van der Waals surface area contributed by atoms with Crippen molar-refractivity contribution in [3.63, 3.8) is 0 Å². The van der Waals surface area contributed by atoms with Crippen LogP contribution in [0.15, 0.2) is 59.8 Å². The fraction of sp³-hybridized carbons (Fsp3) is 0.273. The van der Waals surface area contributed by atoms with Crippen LogP contribution in [0, 0.1) is 5.82 Å². The Labute approximate surface area is 164 Å². The number of hydrogen-bond donors (Lipinski definition) is 1. The molecule has 3 nitrogen and oxygen atoms in total. The van der Waals surface area contributed by atoms with Crippen molar-refractivity contribution in [2.75, 3.05) is 0 Å². The number of amides is 1. The Morgan fingerprint density at radius 1 is 0.897 bits per heavy atom. The van der Waals surface area contributed by atoms with Gasteiger partial charge in [0.05, 0.1) is 5.56 Å². The van der Waals surface area contributed by atoms with Gasteiger partial charge in [0.2, 0.25) is 5.91 Å². The second-order valence-electron chi connectivity index (χ2n) is 7.36. The van der Waals surface area contributed by atoms with Crippen LogP contribution in [0.5, 0.6) is 0 Å². The highest BCUT2D eigenvalue weighted by Gasteiger charge is 2.42. The Balaban J connectivity index is 1.76. The molecule has 2 aromatic carbocycles. The molecular formula is C22H17F4NO2. The molecule has 1 aliphatic heterocycles. The van der Waals surface area contributed by atoms with Gasteiger partial charge in [0.1, 0.15) is 5.82 Å². The summed E-state index contributed by atoms with van der Waals surface area (Å²) < 4.78 is 53.7. The first-order valence-corrected chi connectivity index (χ1v) is 9.21. The van der Waals surface area contributed by atoms with E-state index in [1.54, 1.807) is 12.1 Å². The number of carbonyl (C=O) groups is 2. The predicted molar refractivity (Wildman–Crippen MR) is 97.4 cm³/mol. The van der Waals surface area contributed by atoms with E-state index in [2.05, 4.69) is 5.32 Å². The van der Waals surface area contributed by atoms with Gasteiger partial charge in [-0.3, -0.25) is 9.59 Å². The van der Waals surface area contributed by atoms with E-state index in [-0.39, 0.29) is 35.7 Å². The van der Waals surface area contributed by atoms with Crippen LogP contribution in [0.25, 0.3) is 0 Å². The first-order chi connectivity index (χ1) is 13.7. The maximum atomic E-state index is 13.5. The van der Waals surface area contributed by atoms with Crippen LogP contribution >= 0.6 is 0 Å². The number of alkyl halides is 3. The summed E-state index contributed by atoms with van der Waals surface area (Å²) in [6.45, 7) is 0. The zero-order valence-electron chi connectivity index (χ0n) is 15.2. The van der Waals surface area contributed by atoms with Gasteiger partial charge in [0, 0.05) is 30.0 Å². The molecule has 0 saturated heterocycles. The second kappa shape index (κ2) is 7.13. The summed E-state index contributed by atoms with van der Waals surface area (Å²) in [5.74, 6) is -2.30. The third-order valence-corrected chi connectivity index (χ3v) is 5.52. The van der Waals surface area contributed by atoms with Crippen LogP contribution in [0.4, 0.5) is 17.6 Å². The highest BCUT2D eigenvalue weighted by Crippen LogP contribution is 2.45. The van der Waals surface area contributed by atoms with E-state index < -0.39 is 29.4 Å². The molecule has 0 fully saturated rings. The summed E-state index contributed by atoms with van der Waals surface area (Å²) >= 11 is 0. The molecule has 2 aliphatic rings. The van der Waals surface area contributed by atoms with Crippen molar-refractivity contribution in [3.05, 3.63) is 82.3 Å². The Morgan fingerprint density at radius 3 is 2.28 bits per heavy atom. The lowest BCUT2D eigenvalue weighted by Gasteiger charge is -2.35. The number of allylic oxidation sites excluding steroid dienone is 2. The molecule has 2 aromatic rings. The average molecular weight is 403 g/mol. The molecule has 1 amide bonds. The van der Waals surface area contributed by atoms with Crippen molar-refractivity contribution in [1.29, 1.82) is 0 Å². The van der Waals surface area contributed by atoms with Crippen LogP contribution in [0.1, 0.15) is 47.8 Å². The van der Waals surface area contributed by atoms with Gasteiger partial charge in [-0.2, -0.15) is 13.2 Å². The first-order valence-electron chi connectivity index (χ1n) is 9.21. The summed E-state index contributed by atoms with van der Waals surface area (Å²) in [5.41, 5.74) is 0.475. The van der Waals surface area contributed by atoms with Gasteiger partial charge in [0.25, 0.3) is 0 Å². The Morgan fingerprint density at radius 2 is 1.59 bits per heavy atom. The molecule has 0 unspecified atom stereocenters. The minimum atomic E-state index is -4.58. The minimum Gasteiger partial charge on any atom is -0.329 e. The molecule has 4 rings (SSSR count). The molecule has 0 radical (unpaired) electrons. The minimum absolute atomic E-state index is 0.0593. The summed E-state index contributed by atoms with van der Waals surface area (Å²) in [7, 11) is 0. The van der Waals surface area contributed by atoms with Gasteiger partial charge < -0.3 is 5.32 Å². The molecule has 1 heterocycles. The van der Waals surface area contributed by atoms with Gasteiger partial charge in [-0.25, -0.2) is 4.39 Å². The molecule has 0 spiro atoms. The molecule has 150 valence electrons. The molecule has 2 atom stereocenters. The van der Waals surface area contributed by atoms with E-state index in [0.29, 0.717) is 12.1 Å². The van der Waals surface area contributed by atoms with Crippen LogP contribution in [-0.2, 0) is 15.8 Å². The topological polar surface area (TPSA) is 46.2 Å². The number of rotatable bonds is 2. The summed E-state index contributed by atoms with van der Waals surface area (Å²) in [6.07, 6.45) is -4.38. The molecule has 7 heteroatoms. The third kappa shape index (κ3) is 3.69. The van der Waals surface area contributed by atoms with E-state index in [0.717, 1.165) is 11.6 Å². The monoisotopic (exact) mass is 403 g/mol.